The summed E-state index contributed by atoms with van der Waals surface area (Å²) in [6.45, 7) is 4.22. The molecule has 0 saturated heterocycles. The SMILES string of the molecule is Cc1cnc(NC(=O)c2sc3nc(CN(C)C)[nH]c(=O)c3c2C)s1. The van der Waals surface area contributed by atoms with Crippen LogP contribution in [0, 0.1) is 13.8 Å². The van der Waals surface area contributed by atoms with E-state index in [-0.39, 0.29) is 11.5 Å². The number of nitrogens with one attached hydrogen (secondary N) is 2. The smallest absolute Gasteiger partial charge is 0.267 e. The summed E-state index contributed by atoms with van der Waals surface area (Å²) in [5.41, 5.74) is 0.431. The molecule has 1 amide bonds. The van der Waals surface area contributed by atoms with Crippen molar-refractivity contribution >= 4 is 43.9 Å². The summed E-state index contributed by atoms with van der Waals surface area (Å²) < 4.78 is 0. The van der Waals surface area contributed by atoms with Gasteiger partial charge in [0.2, 0.25) is 0 Å². The zero-order chi connectivity index (χ0) is 17.4. The Kier molecular flexibility index (Phi) is 4.48. The Hall–Kier alpha value is -2.10. The van der Waals surface area contributed by atoms with Crippen molar-refractivity contribution in [3.05, 3.63) is 37.7 Å². The molecular formula is C15H17N5O2S2. The number of aromatic amines is 1. The fourth-order valence-electron chi connectivity index (χ4n) is 2.35. The molecule has 9 heteroatoms. The van der Waals surface area contributed by atoms with Gasteiger partial charge in [-0.05, 0) is 33.5 Å². The fourth-order valence-corrected chi connectivity index (χ4v) is 4.10. The van der Waals surface area contributed by atoms with Gasteiger partial charge in [-0.15, -0.1) is 22.7 Å². The van der Waals surface area contributed by atoms with Crippen molar-refractivity contribution in [3.63, 3.8) is 0 Å². The van der Waals surface area contributed by atoms with E-state index < -0.39 is 0 Å². The maximum absolute atomic E-state index is 12.5. The largest absolute Gasteiger partial charge is 0.309 e. The Labute approximate surface area is 146 Å². The van der Waals surface area contributed by atoms with Gasteiger partial charge < -0.3 is 9.88 Å². The molecule has 0 aliphatic rings. The zero-order valence-corrected chi connectivity index (χ0v) is 15.4. The highest BCUT2D eigenvalue weighted by molar-refractivity contribution is 7.21. The van der Waals surface area contributed by atoms with E-state index in [9.17, 15) is 9.59 Å². The van der Waals surface area contributed by atoms with Crippen LogP contribution in [0.5, 0.6) is 0 Å². The highest BCUT2D eigenvalue weighted by Crippen LogP contribution is 2.28. The third-order valence-corrected chi connectivity index (χ3v) is 5.38. The molecule has 2 N–H and O–H groups in total. The number of thiazole rings is 1. The van der Waals surface area contributed by atoms with E-state index in [1.807, 2.05) is 25.9 Å². The molecule has 0 fully saturated rings. The number of nitrogens with zero attached hydrogens (tertiary/aromatic N) is 3. The van der Waals surface area contributed by atoms with Crippen LogP contribution < -0.4 is 10.9 Å². The lowest BCUT2D eigenvalue weighted by molar-refractivity contribution is 0.103. The minimum Gasteiger partial charge on any atom is -0.309 e. The second kappa shape index (κ2) is 6.42. The van der Waals surface area contributed by atoms with Gasteiger partial charge in [-0.25, -0.2) is 9.97 Å². The van der Waals surface area contributed by atoms with Crippen molar-refractivity contribution in [2.45, 2.75) is 20.4 Å². The van der Waals surface area contributed by atoms with Crippen LogP contribution in [-0.2, 0) is 6.54 Å². The molecule has 0 radical (unpaired) electrons. The van der Waals surface area contributed by atoms with Gasteiger partial charge in [-0.3, -0.25) is 14.9 Å². The van der Waals surface area contributed by atoms with E-state index in [2.05, 4.69) is 20.3 Å². The van der Waals surface area contributed by atoms with Gasteiger partial charge in [0, 0.05) is 11.1 Å². The van der Waals surface area contributed by atoms with Crippen molar-refractivity contribution in [3.8, 4) is 0 Å². The molecule has 0 atom stereocenters. The summed E-state index contributed by atoms with van der Waals surface area (Å²) in [7, 11) is 3.80. The van der Waals surface area contributed by atoms with Crippen LogP contribution in [0.2, 0.25) is 0 Å². The lowest BCUT2D eigenvalue weighted by Gasteiger charge is -2.07. The van der Waals surface area contributed by atoms with Crippen LogP contribution in [0.3, 0.4) is 0 Å². The summed E-state index contributed by atoms with van der Waals surface area (Å²) in [4.78, 5) is 40.2. The number of fused-ring (bicyclic) bond motifs is 1. The molecule has 3 rings (SSSR count). The van der Waals surface area contributed by atoms with Crippen molar-refractivity contribution in [1.82, 2.24) is 19.9 Å². The van der Waals surface area contributed by atoms with Crippen LogP contribution in [0.4, 0.5) is 5.13 Å². The maximum Gasteiger partial charge on any atom is 0.267 e. The summed E-state index contributed by atoms with van der Waals surface area (Å²) in [6.07, 6.45) is 1.71. The van der Waals surface area contributed by atoms with E-state index >= 15 is 0 Å². The Morgan fingerprint density at radius 3 is 2.71 bits per heavy atom. The number of rotatable bonds is 4. The van der Waals surface area contributed by atoms with Crippen LogP contribution in [0.15, 0.2) is 11.0 Å². The number of carbonyl (C=O) groups excluding carboxylic acids is 1. The normalized spacial score (nSPS) is 11.4. The molecule has 0 saturated carbocycles. The van der Waals surface area contributed by atoms with Crippen LogP contribution in [-0.4, -0.2) is 39.9 Å². The average molecular weight is 363 g/mol. The summed E-state index contributed by atoms with van der Waals surface area (Å²) >= 11 is 2.64. The second-order valence-corrected chi connectivity index (χ2v) is 7.95. The molecule has 3 aromatic rings. The minimum absolute atomic E-state index is 0.213. The highest BCUT2D eigenvalue weighted by Gasteiger charge is 2.20. The monoisotopic (exact) mass is 363 g/mol. The summed E-state index contributed by atoms with van der Waals surface area (Å²) in [5.74, 6) is 0.319. The Balaban J connectivity index is 1.99. The third-order valence-electron chi connectivity index (χ3n) is 3.36. The predicted octanol–water partition coefficient (Wildman–Crippen LogP) is 2.37. The fraction of sp³-hybridized carbons (Fsp3) is 0.333. The van der Waals surface area contributed by atoms with E-state index in [0.29, 0.717) is 38.2 Å². The molecule has 0 spiro atoms. The third kappa shape index (κ3) is 3.23. The van der Waals surface area contributed by atoms with Crippen molar-refractivity contribution in [2.75, 3.05) is 19.4 Å². The summed E-state index contributed by atoms with van der Waals surface area (Å²) in [5, 5.41) is 3.80. The first-order chi connectivity index (χ1) is 11.3. The molecule has 0 aliphatic carbocycles. The number of carbonyl (C=O) groups is 1. The second-order valence-electron chi connectivity index (χ2n) is 5.72. The van der Waals surface area contributed by atoms with Crippen LogP contribution >= 0.6 is 22.7 Å². The number of hydrogen-bond donors (Lipinski definition) is 2. The average Bonchev–Trinajstić information content (AvgIpc) is 3.02. The van der Waals surface area contributed by atoms with Crippen molar-refractivity contribution in [2.24, 2.45) is 0 Å². The Morgan fingerprint density at radius 2 is 2.08 bits per heavy atom. The molecule has 0 aliphatic heterocycles. The molecule has 3 aromatic heterocycles. The lowest BCUT2D eigenvalue weighted by atomic mass is 10.2. The molecule has 0 bridgehead atoms. The number of aromatic nitrogens is 3. The van der Waals surface area contributed by atoms with Gasteiger partial charge in [0.05, 0.1) is 16.8 Å². The number of anilines is 1. The molecule has 7 nitrogen and oxygen atoms in total. The van der Waals surface area contributed by atoms with Gasteiger partial charge >= 0.3 is 0 Å². The molecule has 0 unspecified atom stereocenters. The first kappa shape index (κ1) is 16.7. The van der Waals surface area contributed by atoms with Gasteiger partial charge in [0.1, 0.15) is 10.7 Å². The van der Waals surface area contributed by atoms with E-state index in [1.54, 1.807) is 13.1 Å². The van der Waals surface area contributed by atoms with Gasteiger partial charge in [0.15, 0.2) is 5.13 Å². The molecule has 3 heterocycles. The first-order valence-corrected chi connectivity index (χ1v) is 8.89. The maximum atomic E-state index is 12.5. The van der Waals surface area contributed by atoms with Gasteiger partial charge in [0.25, 0.3) is 11.5 Å². The summed E-state index contributed by atoms with van der Waals surface area (Å²) in [6, 6.07) is 0. The van der Waals surface area contributed by atoms with E-state index in [0.717, 1.165) is 4.88 Å². The van der Waals surface area contributed by atoms with Crippen LogP contribution in [0.1, 0.15) is 25.9 Å². The van der Waals surface area contributed by atoms with Gasteiger partial charge in [-0.2, -0.15) is 0 Å². The molecular weight excluding hydrogens is 346 g/mol. The Morgan fingerprint density at radius 1 is 1.33 bits per heavy atom. The van der Waals surface area contributed by atoms with Gasteiger partial charge in [-0.1, -0.05) is 0 Å². The topological polar surface area (TPSA) is 91.0 Å². The van der Waals surface area contributed by atoms with Crippen LogP contribution in [0.25, 0.3) is 10.2 Å². The van der Waals surface area contributed by atoms with Crippen molar-refractivity contribution in [1.29, 1.82) is 0 Å². The van der Waals surface area contributed by atoms with E-state index in [4.69, 9.17) is 0 Å². The number of thiophene rings is 1. The van der Waals surface area contributed by atoms with E-state index in [1.165, 1.54) is 22.7 Å². The standard InChI is InChI=1S/C15H17N5O2S2/c1-7-5-16-15(23-7)19-13(22)11-8(2)10-12(21)17-9(6-20(3)4)18-14(10)24-11/h5H,6H2,1-4H3,(H,16,19,22)(H,17,18,21). The number of hydrogen-bond acceptors (Lipinski definition) is 7. The lowest BCUT2D eigenvalue weighted by Crippen LogP contribution is -2.18. The predicted molar refractivity (Wildman–Crippen MR) is 97.2 cm³/mol. The minimum atomic E-state index is -0.265. The highest BCUT2D eigenvalue weighted by atomic mass is 32.1. The zero-order valence-electron chi connectivity index (χ0n) is 13.8. The Bertz CT molecular complexity index is 970. The first-order valence-electron chi connectivity index (χ1n) is 7.26. The molecule has 0 aromatic carbocycles. The van der Waals surface area contributed by atoms with Crippen molar-refractivity contribution < 1.29 is 4.79 Å². The molecule has 126 valence electrons. The number of amides is 1. The number of aryl methyl sites for hydroxylation is 2. The quantitative estimate of drug-likeness (QED) is 0.743. The molecule has 24 heavy (non-hydrogen) atoms. The number of H-pyrrole nitrogens is 1.